The highest BCUT2D eigenvalue weighted by atomic mass is 35.5. The van der Waals surface area contributed by atoms with Crippen molar-refractivity contribution >= 4 is 24.2 Å². The number of nitrogens with one attached hydrogen (secondary N) is 1. The van der Waals surface area contributed by atoms with Crippen molar-refractivity contribution in [2.45, 2.75) is 50.5 Å². The van der Waals surface area contributed by atoms with Crippen LogP contribution in [0.5, 0.6) is 0 Å². The van der Waals surface area contributed by atoms with E-state index in [0.717, 1.165) is 64.7 Å². The summed E-state index contributed by atoms with van der Waals surface area (Å²) in [6, 6.07) is 10.9. The summed E-state index contributed by atoms with van der Waals surface area (Å²) in [6.07, 6.45) is 6.23. The minimum absolute atomic E-state index is 0. The van der Waals surface area contributed by atoms with Crippen molar-refractivity contribution in [2.75, 3.05) is 32.7 Å². The molecule has 2 saturated heterocycles. The molecule has 1 N–H and O–H groups in total. The summed E-state index contributed by atoms with van der Waals surface area (Å²) in [6.45, 7) is 3.65. The monoisotopic (exact) mass is 405 g/mol. The first-order chi connectivity index (χ1) is 13.2. The van der Waals surface area contributed by atoms with Gasteiger partial charge < -0.3 is 15.1 Å². The summed E-state index contributed by atoms with van der Waals surface area (Å²) >= 11 is 0. The van der Waals surface area contributed by atoms with Crippen molar-refractivity contribution in [1.82, 2.24) is 15.1 Å². The Balaban J connectivity index is 0.00000225. The molecule has 1 atom stereocenters. The highest BCUT2D eigenvalue weighted by Crippen LogP contribution is 2.36. The van der Waals surface area contributed by atoms with Gasteiger partial charge in [0, 0.05) is 38.1 Å². The number of carbonyl (C=O) groups excluding carboxylic acids is 2. The molecule has 3 fully saturated rings. The molecule has 5 nitrogen and oxygen atoms in total. The SMILES string of the molecule is Cl.O=C(C1CCC(c2ccccc2)CC1)N1CCCC(N2CCNCC2=O)C1. The largest absolute Gasteiger partial charge is 0.340 e. The molecule has 3 aliphatic rings. The van der Waals surface area contributed by atoms with Gasteiger partial charge in [0.15, 0.2) is 0 Å². The molecule has 1 unspecified atom stereocenters. The third-order valence-electron chi connectivity index (χ3n) is 6.62. The number of likely N-dealkylation sites (tertiary alicyclic amines) is 1. The average molecular weight is 406 g/mol. The number of piperazine rings is 1. The number of piperidine rings is 1. The Bertz CT molecular complexity index is 661. The minimum Gasteiger partial charge on any atom is -0.340 e. The van der Waals surface area contributed by atoms with Gasteiger partial charge in [-0.25, -0.2) is 0 Å². The lowest BCUT2D eigenvalue weighted by Crippen LogP contribution is -2.58. The van der Waals surface area contributed by atoms with Crippen molar-refractivity contribution in [3.63, 3.8) is 0 Å². The molecule has 1 saturated carbocycles. The fraction of sp³-hybridized carbons (Fsp3) is 0.636. The van der Waals surface area contributed by atoms with Crippen LogP contribution < -0.4 is 5.32 Å². The lowest BCUT2D eigenvalue weighted by atomic mass is 9.78. The standard InChI is InChI=1S/C22H31N3O2.ClH/c26-21-15-23-12-14-25(21)20-7-4-13-24(16-20)22(27)19-10-8-18(9-11-19)17-5-2-1-3-6-17;/h1-3,5-6,18-20,23H,4,7-16H2;1H. The van der Waals surface area contributed by atoms with E-state index >= 15 is 0 Å². The Morgan fingerprint density at radius 2 is 1.75 bits per heavy atom. The van der Waals surface area contributed by atoms with Crippen LogP contribution in [0.15, 0.2) is 30.3 Å². The van der Waals surface area contributed by atoms with Gasteiger partial charge >= 0.3 is 0 Å². The van der Waals surface area contributed by atoms with Crippen LogP contribution in [-0.4, -0.2) is 60.4 Å². The van der Waals surface area contributed by atoms with E-state index in [1.165, 1.54) is 5.56 Å². The summed E-state index contributed by atoms with van der Waals surface area (Å²) in [5, 5.41) is 3.14. The molecule has 0 aromatic heterocycles. The average Bonchev–Trinajstić information content (AvgIpc) is 2.74. The number of hydrogen-bond donors (Lipinski definition) is 1. The van der Waals surface area contributed by atoms with Gasteiger partial charge in [-0.1, -0.05) is 30.3 Å². The van der Waals surface area contributed by atoms with Crippen LogP contribution in [0, 0.1) is 5.92 Å². The summed E-state index contributed by atoms with van der Waals surface area (Å²) in [5.74, 6) is 1.28. The lowest BCUT2D eigenvalue weighted by molar-refractivity contribution is -0.143. The van der Waals surface area contributed by atoms with Crippen LogP contribution in [0.25, 0.3) is 0 Å². The Morgan fingerprint density at radius 1 is 1.00 bits per heavy atom. The maximum absolute atomic E-state index is 13.1. The number of halogens is 1. The first-order valence-corrected chi connectivity index (χ1v) is 10.6. The third kappa shape index (κ3) is 4.69. The second-order valence-electron chi connectivity index (χ2n) is 8.30. The summed E-state index contributed by atoms with van der Waals surface area (Å²) in [7, 11) is 0. The van der Waals surface area contributed by atoms with Gasteiger partial charge in [0.05, 0.1) is 6.54 Å². The summed E-state index contributed by atoms with van der Waals surface area (Å²) in [5.41, 5.74) is 1.42. The van der Waals surface area contributed by atoms with E-state index in [1.54, 1.807) is 0 Å². The van der Waals surface area contributed by atoms with Crippen molar-refractivity contribution in [1.29, 1.82) is 0 Å². The molecule has 2 amide bonds. The molecule has 2 heterocycles. The van der Waals surface area contributed by atoms with Crippen LogP contribution in [-0.2, 0) is 9.59 Å². The molecule has 2 aliphatic heterocycles. The normalized spacial score (nSPS) is 28.6. The van der Waals surface area contributed by atoms with Gasteiger partial charge in [0.1, 0.15) is 0 Å². The smallest absolute Gasteiger partial charge is 0.236 e. The fourth-order valence-electron chi connectivity index (χ4n) is 5.07. The first-order valence-electron chi connectivity index (χ1n) is 10.6. The quantitative estimate of drug-likeness (QED) is 0.841. The van der Waals surface area contributed by atoms with Gasteiger partial charge in [0.25, 0.3) is 0 Å². The molecule has 1 aromatic rings. The number of hydrogen-bond acceptors (Lipinski definition) is 3. The molecule has 1 aliphatic carbocycles. The molecule has 0 bridgehead atoms. The highest BCUT2D eigenvalue weighted by Gasteiger charge is 2.35. The molecule has 6 heteroatoms. The third-order valence-corrected chi connectivity index (χ3v) is 6.62. The molecular weight excluding hydrogens is 374 g/mol. The zero-order valence-electron chi connectivity index (χ0n) is 16.5. The molecule has 0 spiro atoms. The predicted molar refractivity (Wildman–Crippen MR) is 113 cm³/mol. The van der Waals surface area contributed by atoms with Crippen molar-refractivity contribution < 1.29 is 9.59 Å². The predicted octanol–water partition coefficient (Wildman–Crippen LogP) is 2.80. The Morgan fingerprint density at radius 3 is 2.46 bits per heavy atom. The molecule has 4 rings (SSSR count). The molecule has 28 heavy (non-hydrogen) atoms. The van der Waals surface area contributed by atoms with E-state index < -0.39 is 0 Å². The van der Waals surface area contributed by atoms with Gasteiger partial charge in [-0.05, 0) is 50.0 Å². The van der Waals surface area contributed by atoms with E-state index in [-0.39, 0.29) is 30.3 Å². The number of carbonyl (C=O) groups is 2. The zero-order chi connectivity index (χ0) is 18.6. The van der Waals surface area contributed by atoms with Crippen LogP contribution in [0.2, 0.25) is 0 Å². The van der Waals surface area contributed by atoms with Crippen LogP contribution in [0.4, 0.5) is 0 Å². The highest BCUT2D eigenvalue weighted by molar-refractivity contribution is 5.85. The molecule has 154 valence electrons. The number of rotatable bonds is 3. The van der Waals surface area contributed by atoms with Gasteiger partial charge in [-0.15, -0.1) is 12.4 Å². The fourth-order valence-corrected chi connectivity index (χ4v) is 5.07. The van der Waals surface area contributed by atoms with Gasteiger partial charge in [0.2, 0.25) is 11.8 Å². The van der Waals surface area contributed by atoms with Crippen LogP contribution in [0.1, 0.15) is 50.0 Å². The Hall–Kier alpha value is -1.59. The number of amides is 2. The molecule has 1 aromatic carbocycles. The summed E-state index contributed by atoms with van der Waals surface area (Å²) in [4.78, 5) is 29.4. The van der Waals surface area contributed by atoms with E-state index in [0.29, 0.717) is 18.4 Å². The van der Waals surface area contributed by atoms with Crippen molar-refractivity contribution in [3.05, 3.63) is 35.9 Å². The lowest BCUT2D eigenvalue weighted by Gasteiger charge is -2.42. The van der Waals surface area contributed by atoms with E-state index in [2.05, 4.69) is 40.5 Å². The Labute approximate surface area is 174 Å². The van der Waals surface area contributed by atoms with Crippen molar-refractivity contribution in [2.24, 2.45) is 5.92 Å². The molecule has 0 radical (unpaired) electrons. The minimum atomic E-state index is 0. The second kappa shape index (κ2) is 9.75. The number of nitrogens with zero attached hydrogens (tertiary/aromatic N) is 2. The second-order valence-corrected chi connectivity index (χ2v) is 8.30. The first kappa shape index (κ1) is 21.1. The topological polar surface area (TPSA) is 52.7 Å². The maximum atomic E-state index is 13.1. The van der Waals surface area contributed by atoms with Gasteiger partial charge in [-0.2, -0.15) is 0 Å². The zero-order valence-corrected chi connectivity index (χ0v) is 17.3. The van der Waals surface area contributed by atoms with Gasteiger partial charge in [-0.3, -0.25) is 9.59 Å². The summed E-state index contributed by atoms with van der Waals surface area (Å²) < 4.78 is 0. The number of benzene rings is 1. The van der Waals surface area contributed by atoms with Crippen LogP contribution in [0.3, 0.4) is 0 Å². The maximum Gasteiger partial charge on any atom is 0.236 e. The molecular formula is C22H32ClN3O2. The van der Waals surface area contributed by atoms with E-state index in [4.69, 9.17) is 0 Å². The Kier molecular flexibility index (Phi) is 7.36. The van der Waals surface area contributed by atoms with E-state index in [9.17, 15) is 9.59 Å². The van der Waals surface area contributed by atoms with E-state index in [1.807, 2.05) is 4.90 Å². The van der Waals surface area contributed by atoms with Crippen molar-refractivity contribution in [3.8, 4) is 0 Å². The van der Waals surface area contributed by atoms with Crippen LogP contribution >= 0.6 is 12.4 Å².